The molecule has 0 spiro atoms. The fourth-order valence-electron chi connectivity index (χ4n) is 2.83. The van der Waals surface area contributed by atoms with Crippen molar-refractivity contribution < 1.29 is 4.79 Å². The Morgan fingerprint density at radius 2 is 1.88 bits per heavy atom. The number of rotatable bonds is 3. The van der Waals surface area contributed by atoms with E-state index in [1.165, 1.54) is 18.4 Å². The van der Waals surface area contributed by atoms with Crippen molar-refractivity contribution in [2.45, 2.75) is 39.0 Å². The molecule has 0 heterocycles. The lowest BCUT2D eigenvalue weighted by molar-refractivity contribution is -0.126. The summed E-state index contributed by atoms with van der Waals surface area (Å²) in [5, 5.41) is 0. The topological polar surface area (TPSA) is 17.1 Å². The van der Waals surface area contributed by atoms with Crippen LogP contribution in [0.25, 0.3) is 0 Å². The summed E-state index contributed by atoms with van der Waals surface area (Å²) in [5.74, 6) is 1.36. The maximum absolute atomic E-state index is 12.1. The summed E-state index contributed by atoms with van der Waals surface area (Å²) in [6, 6.07) is 10.5. The molecule has 0 aliphatic heterocycles. The van der Waals surface area contributed by atoms with E-state index in [0.717, 1.165) is 6.42 Å². The summed E-state index contributed by atoms with van der Waals surface area (Å²) in [5.41, 5.74) is 1.35. The average molecular weight is 216 g/mol. The van der Waals surface area contributed by atoms with Gasteiger partial charge in [0, 0.05) is 11.8 Å². The zero-order chi connectivity index (χ0) is 11.5. The minimum atomic E-state index is 0.175. The van der Waals surface area contributed by atoms with Crippen LogP contribution < -0.4 is 0 Å². The summed E-state index contributed by atoms with van der Waals surface area (Å²) < 4.78 is 0. The number of hydrogen-bond acceptors (Lipinski definition) is 1. The van der Waals surface area contributed by atoms with E-state index in [9.17, 15) is 4.79 Å². The molecule has 0 aromatic heterocycles. The lowest BCUT2D eigenvalue weighted by Crippen LogP contribution is -2.22. The van der Waals surface area contributed by atoms with Crippen LogP contribution in [0.15, 0.2) is 30.3 Å². The van der Waals surface area contributed by atoms with Gasteiger partial charge in [0.1, 0.15) is 5.78 Å². The Labute approximate surface area is 97.9 Å². The number of benzene rings is 1. The maximum Gasteiger partial charge on any atom is 0.139 e. The van der Waals surface area contributed by atoms with Crippen molar-refractivity contribution in [3.63, 3.8) is 0 Å². The molecular formula is C15H20O. The molecule has 0 unspecified atom stereocenters. The normalized spacial score (nSPS) is 24.9. The van der Waals surface area contributed by atoms with E-state index in [2.05, 4.69) is 24.3 Å². The zero-order valence-electron chi connectivity index (χ0n) is 10.1. The average Bonchev–Trinajstić information content (AvgIpc) is 2.77. The van der Waals surface area contributed by atoms with Crippen LogP contribution in [-0.4, -0.2) is 5.78 Å². The Hall–Kier alpha value is -1.11. The van der Waals surface area contributed by atoms with Crippen LogP contribution in [0.1, 0.15) is 44.6 Å². The molecule has 1 aromatic rings. The van der Waals surface area contributed by atoms with E-state index < -0.39 is 0 Å². The van der Waals surface area contributed by atoms with Crippen LogP contribution in [-0.2, 0) is 4.79 Å². The molecule has 1 heteroatoms. The van der Waals surface area contributed by atoms with Gasteiger partial charge >= 0.3 is 0 Å². The van der Waals surface area contributed by atoms with E-state index in [1.807, 2.05) is 19.9 Å². The highest BCUT2D eigenvalue weighted by Gasteiger charge is 2.34. The quantitative estimate of drug-likeness (QED) is 0.751. The summed E-state index contributed by atoms with van der Waals surface area (Å²) in [6.45, 7) is 4.03. The third kappa shape index (κ3) is 2.18. The molecule has 0 N–H and O–H groups in total. The third-order valence-corrected chi connectivity index (χ3v) is 3.68. The standard InChI is InChI=1S/C15H20O/c1-11(2)15(16)14-10-6-9-13(14)12-7-4-3-5-8-12/h3-5,7-8,11,13-14H,6,9-10H2,1-2H3/t13-,14+/m0/s1. The first-order chi connectivity index (χ1) is 7.70. The zero-order valence-corrected chi connectivity index (χ0v) is 10.1. The van der Waals surface area contributed by atoms with Crippen LogP contribution in [0, 0.1) is 11.8 Å². The second kappa shape index (κ2) is 4.82. The Kier molecular flexibility index (Phi) is 3.42. The largest absolute Gasteiger partial charge is 0.299 e. The van der Waals surface area contributed by atoms with Crippen LogP contribution in [0.2, 0.25) is 0 Å². The lowest BCUT2D eigenvalue weighted by atomic mass is 9.83. The number of hydrogen-bond donors (Lipinski definition) is 0. The Morgan fingerprint density at radius 3 is 2.50 bits per heavy atom. The minimum Gasteiger partial charge on any atom is -0.299 e. The molecule has 16 heavy (non-hydrogen) atoms. The van der Waals surface area contributed by atoms with Gasteiger partial charge in [0.2, 0.25) is 0 Å². The van der Waals surface area contributed by atoms with Crippen molar-refractivity contribution in [1.82, 2.24) is 0 Å². The van der Waals surface area contributed by atoms with Gasteiger partial charge in [-0.05, 0) is 24.3 Å². The van der Waals surface area contributed by atoms with Crippen molar-refractivity contribution in [2.75, 3.05) is 0 Å². The molecule has 0 radical (unpaired) electrons. The number of Topliss-reactive ketones (excluding diaryl/α,β-unsaturated/α-hetero) is 1. The number of carbonyl (C=O) groups is 1. The van der Waals surface area contributed by atoms with E-state index in [4.69, 9.17) is 0 Å². The smallest absolute Gasteiger partial charge is 0.139 e. The molecule has 1 aromatic carbocycles. The molecule has 0 amide bonds. The van der Waals surface area contributed by atoms with E-state index in [0.29, 0.717) is 11.7 Å². The summed E-state index contributed by atoms with van der Waals surface area (Å²) in [4.78, 5) is 12.1. The predicted octanol–water partition coefficient (Wildman–Crippen LogP) is 3.80. The Bertz CT molecular complexity index is 353. The van der Waals surface area contributed by atoms with E-state index in [1.54, 1.807) is 0 Å². The second-order valence-corrected chi connectivity index (χ2v) is 5.11. The van der Waals surface area contributed by atoms with Gasteiger partial charge < -0.3 is 0 Å². The molecule has 86 valence electrons. The molecule has 1 fully saturated rings. The van der Waals surface area contributed by atoms with Crippen LogP contribution in [0.5, 0.6) is 0 Å². The number of ketones is 1. The molecule has 1 aliphatic rings. The van der Waals surface area contributed by atoms with Gasteiger partial charge in [0.25, 0.3) is 0 Å². The minimum absolute atomic E-state index is 0.175. The maximum atomic E-state index is 12.1. The van der Waals surface area contributed by atoms with Gasteiger partial charge in [-0.1, -0.05) is 50.6 Å². The highest BCUT2D eigenvalue weighted by Crippen LogP contribution is 2.41. The van der Waals surface area contributed by atoms with Crippen LogP contribution in [0.4, 0.5) is 0 Å². The highest BCUT2D eigenvalue weighted by molar-refractivity contribution is 5.84. The van der Waals surface area contributed by atoms with Crippen molar-refractivity contribution in [3.05, 3.63) is 35.9 Å². The Morgan fingerprint density at radius 1 is 1.19 bits per heavy atom. The monoisotopic (exact) mass is 216 g/mol. The SMILES string of the molecule is CC(C)C(=O)[C@@H]1CCC[C@H]1c1ccccc1. The lowest BCUT2D eigenvalue weighted by Gasteiger charge is -2.20. The van der Waals surface area contributed by atoms with Gasteiger partial charge in [0.05, 0.1) is 0 Å². The van der Waals surface area contributed by atoms with Crippen molar-refractivity contribution in [1.29, 1.82) is 0 Å². The first kappa shape index (κ1) is 11.4. The summed E-state index contributed by atoms with van der Waals surface area (Å²) in [6.07, 6.45) is 3.45. The van der Waals surface area contributed by atoms with Crippen molar-refractivity contribution >= 4 is 5.78 Å². The molecule has 0 saturated heterocycles. The van der Waals surface area contributed by atoms with Gasteiger partial charge in [0.15, 0.2) is 0 Å². The van der Waals surface area contributed by atoms with Crippen molar-refractivity contribution in [3.8, 4) is 0 Å². The van der Waals surface area contributed by atoms with Crippen LogP contribution >= 0.6 is 0 Å². The van der Waals surface area contributed by atoms with Gasteiger partial charge in [-0.3, -0.25) is 4.79 Å². The fraction of sp³-hybridized carbons (Fsp3) is 0.533. The molecule has 1 aliphatic carbocycles. The summed E-state index contributed by atoms with van der Waals surface area (Å²) >= 11 is 0. The molecule has 2 atom stereocenters. The predicted molar refractivity (Wildman–Crippen MR) is 66.4 cm³/mol. The third-order valence-electron chi connectivity index (χ3n) is 3.68. The van der Waals surface area contributed by atoms with Gasteiger partial charge in [-0.15, -0.1) is 0 Å². The molecule has 2 rings (SSSR count). The fourth-order valence-corrected chi connectivity index (χ4v) is 2.83. The molecule has 1 saturated carbocycles. The highest BCUT2D eigenvalue weighted by atomic mass is 16.1. The van der Waals surface area contributed by atoms with Gasteiger partial charge in [-0.2, -0.15) is 0 Å². The molecule has 1 nitrogen and oxygen atoms in total. The van der Waals surface area contributed by atoms with Crippen LogP contribution in [0.3, 0.4) is 0 Å². The van der Waals surface area contributed by atoms with E-state index >= 15 is 0 Å². The first-order valence-electron chi connectivity index (χ1n) is 6.29. The molecular weight excluding hydrogens is 196 g/mol. The first-order valence-corrected chi connectivity index (χ1v) is 6.29. The molecule has 0 bridgehead atoms. The van der Waals surface area contributed by atoms with Gasteiger partial charge in [-0.25, -0.2) is 0 Å². The number of carbonyl (C=O) groups excluding carboxylic acids is 1. The van der Waals surface area contributed by atoms with Crippen molar-refractivity contribution in [2.24, 2.45) is 11.8 Å². The Balaban J connectivity index is 2.19. The van der Waals surface area contributed by atoms with E-state index in [-0.39, 0.29) is 11.8 Å². The summed E-state index contributed by atoms with van der Waals surface area (Å²) in [7, 11) is 0. The second-order valence-electron chi connectivity index (χ2n) is 5.11.